The van der Waals surface area contributed by atoms with Gasteiger partial charge < -0.3 is 4.48 Å². The Morgan fingerprint density at radius 3 is 2.18 bits per heavy atom. The number of hydrogen-bond acceptors (Lipinski definition) is 0. The molecule has 1 rings (SSSR count). The van der Waals surface area contributed by atoms with Crippen molar-refractivity contribution in [3.8, 4) is 0 Å². The molecule has 2 unspecified atom stereocenters. The zero-order valence-corrected chi connectivity index (χ0v) is 8.65. The first-order valence-electron chi connectivity index (χ1n) is 4.78. The van der Waals surface area contributed by atoms with Gasteiger partial charge in [-0.15, -0.1) is 0 Å². The van der Waals surface area contributed by atoms with Crippen LogP contribution in [0.5, 0.6) is 0 Å². The molecule has 0 aromatic rings. The molecule has 1 heteroatoms. The summed E-state index contributed by atoms with van der Waals surface area (Å²) in [4.78, 5) is 0. The van der Waals surface area contributed by atoms with Crippen molar-refractivity contribution in [1.29, 1.82) is 0 Å². The van der Waals surface area contributed by atoms with E-state index in [1.54, 1.807) is 0 Å². The standard InChI is InChI=1S/C10H22N/c1-6-11(5)8-7-9(2)10(11,3)4/h9H,6-8H2,1-5H3/q+1. The van der Waals surface area contributed by atoms with Crippen LogP contribution in [0.2, 0.25) is 0 Å². The molecule has 0 aromatic carbocycles. The first-order chi connectivity index (χ1) is 4.94. The maximum Gasteiger partial charge on any atom is 0.0961 e. The van der Waals surface area contributed by atoms with Gasteiger partial charge in [-0.3, -0.25) is 0 Å². The third-order valence-electron chi connectivity index (χ3n) is 4.35. The minimum absolute atomic E-state index is 0.495. The number of nitrogens with zero attached hydrogens (tertiary/aromatic N) is 1. The third kappa shape index (κ3) is 1.10. The molecule has 0 amide bonds. The molecular weight excluding hydrogens is 134 g/mol. The predicted octanol–water partition coefficient (Wildman–Crippen LogP) is 2.27. The second-order valence-corrected chi connectivity index (χ2v) is 4.78. The summed E-state index contributed by atoms with van der Waals surface area (Å²) in [7, 11) is 2.39. The van der Waals surface area contributed by atoms with Crippen molar-refractivity contribution in [1.82, 2.24) is 0 Å². The monoisotopic (exact) mass is 156 g/mol. The molecule has 1 saturated heterocycles. The fourth-order valence-electron chi connectivity index (χ4n) is 2.22. The highest BCUT2D eigenvalue weighted by Crippen LogP contribution is 2.39. The quantitative estimate of drug-likeness (QED) is 0.511. The van der Waals surface area contributed by atoms with E-state index in [9.17, 15) is 0 Å². The van der Waals surface area contributed by atoms with Crippen LogP contribution in [0.1, 0.15) is 34.1 Å². The van der Waals surface area contributed by atoms with Gasteiger partial charge in [-0.2, -0.15) is 0 Å². The van der Waals surface area contributed by atoms with Crippen LogP contribution in [0.15, 0.2) is 0 Å². The maximum atomic E-state index is 2.41. The molecule has 66 valence electrons. The fourth-order valence-corrected chi connectivity index (χ4v) is 2.22. The Labute approximate surface area is 71.0 Å². The second-order valence-electron chi connectivity index (χ2n) is 4.78. The summed E-state index contributed by atoms with van der Waals surface area (Å²) in [5.41, 5.74) is 0.495. The SMILES string of the molecule is CC[N+]1(C)CCC(C)C1(C)C. The van der Waals surface area contributed by atoms with Gasteiger partial charge in [-0.05, 0) is 20.8 Å². The molecule has 1 aliphatic rings. The lowest BCUT2D eigenvalue weighted by molar-refractivity contribution is -0.943. The lowest BCUT2D eigenvalue weighted by Gasteiger charge is -2.43. The van der Waals surface area contributed by atoms with Gasteiger partial charge in [0.15, 0.2) is 0 Å². The van der Waals surface area contributed by atoms with Crippen molar-refractivity contribution in [2.75, 3.05) is 20.1 Å². The highest BCUT2D eigenvalue weighted by Gasteiger charge is 2.48. The Kier molecular flexibility index (Phi) is 2.04. The topological polar surface area (TPSA) is 0 Å². The molecule has 1 nitrogen and oxygen atoms in total. The van der Waals surface area contributed by atoms with Gasteiger partial charge in [0.1, 0.15) is 0 Å². The predicted molar refractivity (Wildman–Crippen MR) is 49.5 cm³/mol. The van der Waals surface area contributed by atoms with Crippen molar-refractivity contribution in [3.63, 3.8) is 0 Å². The molecule has 1 aliphatic heterocycles. The Balaban J connectivity index is 2.86. The Hall–Kier alpha value is -0.0400. The smallest absolute Gasteiger partial charge is 0.0961 e. The number of rotatable bonds is 1. The highest BCUT2D eigenvalue weighted by atomic mass is 15.4. The summed E-state index contributed by atoms with van der Waals surface area (Å²) in [5, 5.41) is 0. The molecule has 2 atom stereocenters. The van der Waals surface area contributed by atoms with Gasteiger partial charge in [0, 0.05) is 12.3 Å². The van der Waals surface area contributed by atoms with E-state index in [4.69, 9.17) is 0 Å². The van der Waals surface area contributed by atoms with Gasteiger partial charge in [-0.1, -0.05) is 6.92 Å². The van der Waals surface area contributed by atoms with E-state index in [2.05, 4.69) is 34.7 Å². The van der Waals surface area contributed by atoms with E-state index in [0.29, 0.717) is 5.54 Å². The Morgan fingerprint density at radius 1 is 1.45 bits per heavy atom. The molecule has 0 N–H and O–H groups in total. The molecule has 1 fully saturated rings. The zero-order chi connectivity index (χ0) is 8.70. The maximum absolute atomic E-state index is 2.41. The van der Waals surface area contributed by atoms with Crippen molar-refractivity contribution < 1.29 is 4.48 Å². The van der Waals surface area contributed by atoms with Crippen molar-refractivity contribution in [2.45, 2.75) is 39.7 Å². The summed E-state index contributed by atoms with van der Waals surface area (Å²) in [6, 6.07) is 0. The van der Waals surface area contributed by atoms with Crippen LogP contribution >= 0.6 is 0 Å². The summed E-state index contributed by atoms with van der Waals surface area (Å²) in [6.45, 7) is 12.2. The van der Waals surface area contributed by atoms with Crippen LogP contribution in [0.25, 0.3) is 0 Å². The van der Waals surface area contributed by atoms with Gasteiger partial charge in [0.05, 0.1) is 25.7 Å². The molecule has 0 aromatic heterocycles. The summed E-state index contributed by atoms with van der Waals surface area (Å²) in [6.07, 6.45) is 1.40. The molecule has 0 radical (unpaired) electrons. The average Bonchev–Trinajstić information content (AvgIpc) is 2.15. The van der Waals surface area contributed by atoms with E-state index >= 15 is 0 Å². The Morgan fingerprint density at radius 2 is 2.00 bits per heavy atom. The summed E-state index contributed by atoms with van der Waals surface area (Å²) >= 11 is 0. The van der Waals surface area contributed by atoms with Crippen LogP contribution in [0, 0.1) is 5.92 Å². The van der Waals surface area contributed by atoms with Crippen molar-refractivity contribution in [2.24, 2.45) is 5.92 Å². The molecule has 1 heterocycles. The molecule has 0 bridgehead atoms. The number of likely N-dealkylation sites (tertiary alicyclic amines) is 1. The molecule has 0 spiro atoms. The first kappa shape index (κ1) is 9.05. The molecule has 0 aliphatic carbocycles. The minimum atomic E-state index is 0.495. The number of hydrogen-bond donors (Lipinski definition) is 0. The number of quaternary nitrogens is 1. The fraction of sp³-hybridized carbons (Fsp3) is 1.00. The van der Waals surface area contributed by atoms with Gasteiger partial charge in [0.2, 0.25) is 0 Å². The van der Waals surface area contributed by atoms with E-state index in [1.807, 2.05) is 0 Å². The summed E-state index contributed by atoms with van der Waals surface area (Å²) in [5.74, 6) is 0.882. The van der Waals surface area contributed by atoms with E-state index < -0.39 is 0 Å². The first-order valence-corrected chi connectivity index (χ1v) is 4.78. The Bertz CT molecular complexity index is 148. The van der Waals surface area contributed by atoms with Gasteiger partial charge in [0.25, 0.3) is 0 Å². The van der Waals surface area contributed by atoms with Crippen LogP contribution in [0.4, 0.5) is 0 Å². The van der Waals surface area contributed by atoms with Crippen molar-refractivity contribution in [3.05, 3.63) is 0 Å². The largest absolute Gasteiger partial charge is 0.322 e. The zero-order valence-electron chi connectivity index (χ0n) is 8.65. The van der Waals surface area contributed by atoms with E-state index in [0.717, 1.165) is 5.92 Å². The molecule has 0 saturated carbocycles. The van der Waals surface area contributed by atoms with Crippen molar-refractivity contribution >= 4 is 0 Å². The highest BCUT2D eigenvalue weighted by molar-refractivity contribution is 4.82. The van der Waals surface area contributed by atoms with E-state index in [1.165, 1.54) is 24.0 Å². The second kappa shape index (κ2) is 2.48. The van der Waals surface area contributed by atoms with Crippen LogP contribution in [0.3, 0.4) is 0 Å². The van der Waals surface area contributed by atoms with Gasteiger partial charge in [-0.25, -0.2) is 0 Å². The minimum Gasteiger partial charge on any atom is -0.322 e. The molecular formula is C10H22N+. The third-order valence-corrected chi connectivity index (χ3v) is 4.35. The average molecular weight is 156 g/mol. The normalized spacial score (nSPS) is 42.8. The van der Waals surface area contributed by atoms with E-state index in [-0.39, 0.29) is 0 Å². The van der Waals surface area contributed by atoms with Gasteiger partial charge >= 0.3 is 0 Å². The van der Waals surface area contributed by atoms with Crippen LogP contribution in [-0.4, -0.2) is 30.2 Å². The molecule has 11 heavy (non-hydrogen) atoms. The lowest BCUT2D eigenvalue weighted by atomic mass is 9.89. The van der Waals surface area contributed by atoms with Crippen LogP contribution in [-0.2, 0) is 0 Å². The summed E-state index contributed by atoms with van der Waals surface area (Å²) < 4.78 is 1.26. The van der Waals surface area contributed by atoms with Crippen LogP contribution < -0.4 is 0 Å². The lowest BCUT2D eigenvalue weighted by Crippen LogP contribution is -2.56.